The summed E-state index contributed by atoms with van der Waals surface area (Å²) in [6.45, 7) is 5.86. The van der Waals surface area contributed by atoms with E-state index in [-0.39, 0.29) is 17.8 Å². The first-order valence-electron chi connectivity index (χ1n) is 7.84. The summed E-state index contributed by atoms with van der Waals surface area (Å²) in [5.74, 6) is -3.34. The molecule has 0 bridgehead atoms. The Balaban J connectivity index is 1.92. The van der Waals surface area contributed by atoms with Crippen LogP contribution in [0.2, 0.25) is 0 Å². The Morgan fingerprint density at radius 3 is 2.56 bits per heavy atom. The number of aromatic amines is 1. The van der Waals surface area contributed by atoms with Crippen molar-refractivity contribution in [2.24, 2.45) is 0 Å². The fourth-order valence-electron chi connectivity index (χ4n) is 2.70. The first-order chi connectivity index (χ1) is 11.7. The minimum Gasteiger partial charge on any atom is -0.444 e. The highest BCUT2D eigenvalue weighted by atomic mass is 19.2. The van der Waals surface area contributed by atoms with Crippen LogP contribution in [-0.4, -0.2) is 33.3 Å². The van der Waals surface area contributed by atoms with Crippen molar-refractivity contribution in [2.45, 2.75) is 39.3 Å². The molecule has 1 aromatic carbocycles. The number of carbonyl (C=O) groups is 1. The number of hydrogen-bond donors (Lipinski definition) is 1. The van der Waals surface area contributed by atoms with Crippen molar-refractivity contribution in [1.29, 1.82) is 0 Å². The molecule has 1 aliphatic rings. The summed E-state index contributed by atoms with van der Waals surface area (Å²) >= 11 is 0. The zero-order valence-corrected chi connectivity index (χ0v) is 14.1. The molecule has 1 N–H and O–H groups in total. The predicted molar refractivity (Wildman–Crippen MR) is 84.2 cm³/mol. The number of H-pyrrole nitrogens is 1. The second kappa shape index (κ2) is 6.09. The normalized spacial score (nSPS) is 14.4. The summed E-state index contributed by atoms with van der Waals surface area (Å²) in [5.41, 5.74) is 0.686. The molecule has 0 fully saturated rings. The third kappa shape index (κ3) is 3.47. The molecule has 134 valence electrons. The molecule has 1 aliphatic heterocycles. The SMILES string of the molecule is CC(C)(C)OC(=O)N1CCc2[nH]nc(-c3cc(F)c(F)cc3F)c2C1. The first kappa shape index (κ1) is 17.3. The Kier molecular flexibility index (Phi) is 4.22. The lowest BCUT2D eigenvalue weighted by molar-refractivity contribution is 0.0224. The van der Waals surface area contributed by atoms with E-state index in [9.17, 15) is 18.0 Å². The Morgan fingerprint density at radius 2 is 1.88 bits per heavy atom. The van der Waals surface area contributed by atoms with Crippen molar-refractivity contribution in [2.75, 3.05) is 6.54 Å². The van der Waals surface area contributed by atoms with Crippen molar-refractivity contribution in [3.63, 3.8) is 0 Å². The maximum absolute atomic E-state index is 14.1. The Hall–Kier alpha value is -2.51. The van der Waals surface area contributed by atoms with Gasteiger partial charge in [-0.2, -0.15) is 5.10 Å². The van der Waals surface area contributed by atoms with E-state index in [0.717, 1.165) is 11.8 Å². The number of nitrogens with zero attached hydrogens (tertiary/aromatic N) is 2. The summed E-state index contributed by atoms with van der Waals surface area (Å²) in [7, 11) is 0. The van der Waals surface area contributed by atoms with Crippen molar-refractivity contribution in [1.82, 2.24) is 15.1 Å². The quantitative estimate of drug-likeness (QED) is 0.794. The summed E-state index contributed by atoms with van der Waals surface area (Å²) in [6.07, 6.45) is -0.0107. The Morgan fingerprint density at radius 1 is 1.20 bits per heavy atom. The molecule has 0 saturated carbocycles. The molecule has 25 heavy (non-hydrogen) atoms. The number of ether oxygens (including phenoxy) is 1. The molecule has 0 radical (unpaired) electrons. The fourth-order valence-corrected chi connectivity index (χ4v) is 2.70. The molecule has 5 nitrogen and oxygen atoms in total. The van der Waals surface area contributed by atoms with Gasteiger partial charge in [0.05, 0.1) is 6.54 Å². The van der Waals surface area contributed by atoms with Gasteiger partial charge >= 0.3 is 6.09 Å². The van der Waals surface area contributed by atoms with Gasteiger partial charge in [-0.1, -0.05) is 0 Å². The molecule has 1 aromatic heterocycles. The second-order valence-electron chi connectivity index (χ2n) is 6.93. The van der Waals surface area contributed by atoms with Gasteiger partial charge in [-0.3, -0.25) is 5.10 Å². The molecule has 0 saturated heterocycles. The van der Waals surface area contributed by atoms with E-state index in [4.69, 9.17) is 4.74 Å². The maximum Gasteiger partial charge on any atom is 0.410 e. The standard InChI is InChI=1S/C17H18F3N3O2/c1-17(2,3)25-16(24)23-5-4-14-10(8-23)15(22-21-14)9-6-12(19)13(20)7-11(9)18/h6-7H,4-5,8H2,1-3H3,(H,21,22). The second-order valence-corrected chi connectivity index (χ2v) is 6.93. The summed E-state index contributed by atoms with van der Waals surface area (Å²) in [6, 6.07) is 1.26. The third-order valence-corrected chi connectivity index (χ3v) is 3.85. The average molecular weight is 353 g/mol. The van der Waals surface area contributed by atoms with Gasteiger partial charge in [0.15, 0.2) is 11.6 Å². The van der Waals surface area contributed by atoms with Crippen LogP contribution >= 0.6 is 0 Å². The minimum atomic E-state index is -1.26. The van der Waals surface area contributed by atoms with E-state index >= 15 is 0 Å². The van der Waals surface area contributed by atoms with E-state index in [1.807, 2.05) is 0 Å². The first-order valence-corrected chi connectivity index (χ1v) is 7.84. The van der Waals surface area contributed by atoms with Crippen LogP contribution in [0.25, 0.3) is 11.3 Å². The number of halogens is 3. The Labute approximate surface area is 142 Å². The number of amides is 1. The minimum absolute atomic E-state index is 0.147. The van der Waals surface area contributed by atoms with Gasteiger partial charge in [0.2, 0.25) is 0 Å². The zero-order valence-electron chi connectivity index (χ0n) is 14.1. The maximum atomic E-state index is 14.1. The lowest BCUT2D eigenvalue weighted by atomic mass is 10.0. The van der Waals surface area contributed by atoms with Gasteiger partial charge in [-0.15, -0.1) is 0 Å². The molecule has 1 amide bonds. The highest BCUT2D eigenvalue weighted by Crippen LogP contribution is 2.31. The van der Waals surface area contributed by atoms with Crippen LogP contribution in [0.15, 0.2) is 12.1 Å². The highest BCUT2D eigenvalue weighted by Gasteiger charge is 2.29. The largest absolute Gasteiger partial charge is 0.444 e. The Bertz CT molecular complexity index is 827. The highest BCUT2D eigenvalue weighted by molar-refractivity contribution is 5.71. The molecule has 0 spiro atoms. The van der Waals surface area contributed by atoms with Crippen LogP contribution in [0.3, 0.4) is 0 Å². The molecule has 2 aromatic rings. The van der Waals surface area contributed by atoms with Crippen LogP contribution in [0, 0.1) is 17.5 Å². The summed E-state index contributed by atoms with van der Waals surface area (Å²) in [4.78, 5) is 13.7. The summed E-state index contributed by atoms with van der Waals surface area (Å²) in [5, 5.41) is 6.82. The van der Waals surface area contributed by atoms with Crippen molar-refractivity contribution in [3.8, 4) is 11.3 Å². The van der Waals surface area contributed by atoms with Crippen LogP contribution < -0.4 is 0 Å². The number of aromatic nitrogens is 2. The van der Waals surface area contributed by atoms with Gasteiger partial charge < -0.3 is 9.64 Å². The smallest absolute Gasteiger partial charge is 0.410 e. The number of rotatable bonds is 1. The van der Waals surface area contributed by atoms with Crippen molar-refractivity contribution >= 4 is 6.09 Å². The van der Waals surface area contributed by atoms with E-state index < -0.39 is 29.1 Å². The molecule has 8 heteroatoms. The zero-order chi connectivity index (χ0) is 18.4. The van der Waals surface area contributed by atoms with Gasteiger partial charge in [0.25, 0.3) is 0 Å². The van der Waals surface area contributed by atoms with Gasteiger partial charge in [0.1, 0.15) is 17.1 Å². The van der Waals surface area contributed by atoms with E-state index in [2.05, 4.69) is 10.2 Å². The third-order valence-electron chi connectivity index (χ3n) is 3.85. The molecule has 2 heterocycles. The lowest BCUT2D eigenvalue weighted by Gasteiger charge is -2.30. The van der Waals surface area contributed by atoms with Crippen LogP contribution in [-0.2, 0) is 17.7 Å². The van der Waals surface area contributed by atoms with Crippen LogP contribution in [0.4, 0.5) is 18.0 Å². The molecular formula is C17H18F3N3O2. The number of carbonyl (C=O) groups excluding carboxylic acids is 1. The van der Waals surface area contributed by atoms with E-state index in [1.54, 1.807) is 20.8 Å². The molecule has 0 aliphatic carbocycles. The van der Waals surface area contributed by atoms with Crippen LogP contribution in [0.5, 0.6) is 0 Å². The number of benzene rings is 1. The number of hydrogen-bond acceptors (Lipinski definition) is 3. The van der Waals surface area contributed by atoms with E-state index in [1.165, 1.54) is 4.90 Å². The van der Waals surface area contributed by atoms with Crippen LogP contribution in [0.1, 0.15) is 32.0 Å². The molecule has 0 unspecified atom stereocenters. The van der Waals surface area contributed by atoms with Gasteiger partial charge in [0, 0.05) is 35.9 Å². The van der Waals surface area contributed by atoms with Gasteiger partial charge in [-0.25, -0.2) is 18.0 Å². The monoisotopic (exact) mass is 353 g/mol. The summed E-state index contributed by atoms with van der Waals surface area (Å²) < 4.78 is 46.1. The predicted octanol–water partition coefficient (Wildman–Crippen LogP) is 3.79. The molecular weight excluding hydrogens is 335 g/mol. The van der Waals surface area contributed by atoms with Crippen molar-refractivity contribution in [3.05, 3.63) is 40.8 Å². The average Bonchev–Trinajstić information content (AvgIpc) is 2.92. The van der Waals surface area contributed by atoms with Crippen molar-refractivity contribution < 1.29 is 22.7 Å². The fraction of sp³-hybridized carbons (Fsp3) is 0.412. The topological polar surface area (TPSA) is 58.2 Å². The number of fused-ring (bicyclic) bond motifs is 1. The van der Waals surface area contributed by atoms with E-state index in [0.29, 0.717) is 24.6 Å². The number of nitrogens with one attached hydrogen (secondary N) is 1. The lowest BCUT2D eigenvalue weighted by Crippen LogP contribution is -2.39. The van der Waals surface area contributed by atoms with Gasteiger partial charge in [-0.05, 0) is 26.8 Å². The molecule has 3 rings (SSSR count). The molecule has 0 atom stereocenters.